The van der Waals surface area contributed by atoms with E-state index in [4.69, 9.17) is 9.47 Å². The first-order chi connectivity index (χ1) is 13.9. The van der Waals surface area contributed by atoms with Crippen molar-refractivity contribution in [3.8, 4) is 11.5 Å². The molecule has 0 unspecified atom stereocenters. The highest BCUT2D eigenvalue weighted by Gasteiger charge is 2.06. The molecule has 2 aromatic carbocycles. The Bertz CT molecular complexity index is 922. The zero-order valence-electron chi connectivity index (χ0n) is 15.5. The summed E-state index contributed by atoms with van der Waals surface area (Å²) in [5.74, 6) is 1.57. The topological polar surface area (TPSA) is 56.1 Å². The predicted octanol–water partition coefficient (Wildman–Crippen LogP) is 4.09. The minimum absolute atomic E-state index is 0.387. The van der Waals surface area contributed by atoms with E-state index < -0.39 is 0 Å². The monoisotopic (exact) mass is 371 g/mol. The Balaban J connectivity index is 1.63. The van der Waals surface area contributed by atoms with Gasteiger partial charge in [0.1, 0.15) is 24.7 Å². The lowest BCUT2D eigenvalue weighted by atomic mass is 10.2. The Morgan fingerprint density at radius 3 is 1.61 bits per heavy atom. The van der Waals surface area contributed by atoms with Crippen LogP contribution >= 0.6 is 0 Å². The summed E-state index contributed by atoms with van der Waals surface area (Å²) in [6.45, 7) is 1.99. The van der Waals surface area contributed by atoms with Gasteiger partial charge in [-0.2, -0.15) is 0 Å². The van der Waals surface area contributed by atoms with E-state index in [2.05, 4.69) is 15.0 Å². The van der Waals surface area contributed by atoms with Gasteiger partial charge in [-0.05, 0) is 36.4 Å². The molecule has 4 rings (SSSR count). The van der Waals surface area contributed by atoms with E-state index >= 15 is 0 Å². The number of hydrogen-bond donors (Lipinski definition) is 0. The lowest BCUT2D eigenvalue weighted by molar-refractivity contribution is 0.290. The van der Waals surface area contributed by atoms with Crippen LogP contribution in [0.2, 0.25) is 0 Å². The molecular formula is C23H21N3O2. The van der Waals surface area contributed by atoms with Gasteiger partial charge in [-0.1, -0.05) is 30.3 Å². The summed E-state index contributed by atoms with van der Waals surface area (Å²) in [5, 5.41) is 0. The van der Waals surface area contributed by atoms with Crippen LogP contribution in [-0.2, 0) is 13.2 Å². The summed E-state index contributed by atoms with van der Waals surface area (Å²) in [6, 6.07) is 21.6. The van der Waals surface area contributed by atoms with Gasteiger partial charge >= 0.3 is 0 Å². The molecule has 0 spiro atoms. The molecule has 5 nitrogen and oxygen atoms in total. The molecule has 1 aliphatic rings. The lowest BCUT2D eigenvalue weighted by Gasteiger charge is -2.11. The number of pyridine rings is 1. The maximum absolute atomic E-state index is 5.98. The first kappa shape index (κ1) is 17.9. The molecule has 5 heteroatoms. The third-order valence-corrected chi connectivity index (χ3v) is 4.27. The number of para-hydroxylation sites is 2. The number of nitrogens with zero attached hydrogens (tertiary/aromatic N) is 3. The Kier molecular flexibility index (Phi) is 5.73. The Hall–Kier alpha value is -3.47. The first-order valence-corrected chi connectivity index (χ1v) is 9.26. The summed E-state index contributed by atoms with van der Waals surface area (Å²) in [5.41, 5.74) is 3.60. The average Bonchev–Trinajstić information content (AvgIpc) is 2.74. The molecule has 0 N–H and O–H groups in total. The molecule has 0 atom stereocenters. The quantitative estimate of drug-likeness (QED) is 0.598. The molecule has 1 aliphatic heterocycles. The Labute approximate surface area is 164 Å². The summed E-state index contributed by atoms with van der Waals surface area (Å²) in [4.78, 5) is 13.6. The van der Waals surface area contributed by atoms with E-state index in [0.717, 1.165) is 34.0 Å². The maximum atomic E-state index is 5.98. The average molecular weight is 371 g/mol. The van der Waals surface area contributed by atoms with Gasteiger partial charge in [0.2, 0.25) is 0 Å². The van der Waals surface area contributed by atoms with Gasteiger partial charge in [0.25, 0.3) is 0 Å². The molecule has 0 aliphatic carbocycles. The summed E-state index contributed by atoms with van der Waals surface area (Å²) in [6.07, 6.45) is 3.67. The van der Waals surface area contributed by atoms with E-state index in [0.29, 0.717) is 26.3 Å². The smallest absolute Gasteiger partial charge is 0.130 e. The fourth-order valence-electron chi connectivity index (χ4n) is 2.87. The van der Waals surface area contributed by atoms with Crippen molar-refractivity contribution in [2.24, 2.45) is 9.98 Å². The number of fused-ring (bicyclic) bond motifs is 4. The first-order valence-electron chi connectivity index (χ1n) is 9.26. The number of rotatable bonds is 0. The summed E-state index contributed by atoms with van der Waals surface area (Å²) < 4.78 is 12.0. The highest BCUT2D eigenvalue weighted by molar-refractivity contribution is 5.84. The fraction of sp³-hybridized carbons (Fsp3) is 0.174. The third kappa shape index (κ3) is 4.62. The second-order valence-corrected chi connectivity index (χ2v) is 6.34. The van der Waals surface area contributed by atoms with Crippen molar-refractivity contribution in [1.29, 1.82) is 0 Å². The zero-order valence-corrected chi connectivity index (χ0v) is 15.5. The van der Waals surface area contributed by atoms with Gasteiger partial charge in [0, 0.05) is 23.6 Å². The molecule has 2 heterocycles. The van der Waals surface area contributed by atoms with E-state index in [1.165, 1.54) is 0 Å². The van der Waals surface area contributed by atoms with Gasteiger partial charge < -0.3 is 9.47 Å². The third-order valence-electron chi connectivity index (χ3n) is 4.27. The zero-order chi connectivity index (χ0) is 19.0. The molecule has 1 aromatic heterocycles. The normalized spacial score (nSPS) is 14.1. The predicted molar refractivity (Wildman–Crippen MR) is 111 cm³/mol. The van der Waals surface area contributed by atoms with Crippen LogP contribution in [0.1, 0.15) is 22.5 Å². The molecule has 0 saturated heterocycles. The summed E-state index contributed by atoms with van der Waals surface area (Å²) >= 11 is 0. The van der Waals surface area contributed by atoms with Gasteiger partial charge in [-0.25, -0.2) is 0 Å². The van der Waals surface area contributed by atoms with Crippen molar-refractivity contribution in [3.63, 3.8) is 0 Å². The SMILES string of the molecule is C1=NCCN=Cc2ccccc2OCc2cccc(n2)COc2ccccc21. The molecule has 2 bridgehead atoms. The van der Waals surface area contributed by atoms with Crippen molar-refractivity contribution < 1.29 is 9.47 Å². The molecule has 0 fully saturated rings. The highest BCUT2D eigenvalue weighted by Crippen LogP contribution is 2.19. The molecule has 0 radical (unpaired) electrons. The minimum atomic E-state index is 0.387. The van der Waals surface area contributed by atoms with Gasteiger partial charge in [-0.15, -0.1) is 0 Å². The van der Waals surface area contributed by atoms with Crippen molar-refractivity contribution in [2.45, 2.75) is 13.2 Å². The standard InChI is InChI=1S/C23H21N3O2/c1-3-10-22-18(6-1)14-24-12-13-25-15-19-7-2-4-11-23(19)28-17-21-9-5-8-20(26-21)16-27-22/h1-11,14-15H,12-13,16-17H2. The molecule has 28 heavy (non-hydrogen) atoms. The molecule has 3 aromatic rings. The van der Waals surface area contributed by atoms with Crippen LogP contribution in [0.3, 0.4) is 0 Å². The van der Waals surface area contributed by atoms with Gasteiger partial charge in [-0.3, -0.25) is 15.0 Å². The van der Waals surface area contributed by atoms with Crippen LogP contribution in [-0.4, -0.2) is 30.5 Å². The summed E-state index contributed by atoms with van der Waals surface area (Å²) in [7, 11) is 0. The number of aromatic nitrogens is 1. The van der Waals surface area contributed by atoms with E-state index in [-0.39, 0.29) is 0 Å². The van der Waals surface area contributed by atoms with Crippen LogP contribution in [0.4, 0.5) is 0 Å². The van der Waals surface area contributed by atoms with Crippen molar-refractivity contribution in [3.05, 3.63) is 89.2 Å². The minimum Gasteiger partial charge on any atom is -0.487 e. The Morgan fingerprint density at radius 2 is 1.07 bits per heavy atom. The second-order valence-electron chi connectivity index (χ2n) is 6.34. The van der Waals surface area contributed by atoms with Crippen molar-refractivity contribution in [2.75, 3.05) is 13.1 Å². The van der Waals surface area contributed by atoms with E-state index in [9.17, 15) is 0 Å². The number of ether oxygens (including phenoxy) is 2. The maximum Gasteiger partial charge on any atom is 0.130 e. The van der Waals surface area contributed by atoms with Crippen LogP contribution < -0.4 is 9.47 Å². The van der Waals surface area contributed by atoms with Crippen LogP contribution in [0.5, 0.6) is 11.5 Å². The largest absolute Gasteiger partial charge is 0.487 e. The molecule has 140 valence electrons. The van der Waals surface area contributed by atoms with Crippen LogP contribution in [0, 0.1) is 0 Å². The van der Waals surface area contributed by atoms with Crippen LogP contribution in [0.25, 0.3) is 0 Å². The van der Waals surface area contributed by atoms with Gasteiger partial charge in [0.05, 0.1) is 24.5 Å². The highest BCUT2D eigenvalue weighted by atomic mass is 16.5. The molecule has 0 saturated carbocycles. The van der Waals surface area contributed by atoms with Crippen molar-refractivity contribution in [1.82, 2.24) is 4.98 Å². The number of hydrogen-bond acceptors (Lipinski definition) is 5. The van der Waals surface area contributed by atoms with Crippen molar-refractivity contribution >= 4 is 12.4 Å². The lowest BCUT2D eigenvalue weighted by Crippen LogP contribution is -2.05. The molecule has 0 amide bonds. The van der Waals surface area contributed by atoms with Gasteiger partial charge in [0.15, 0.2) is 0 Å². The fourth-order valence-corrected chi connectivity index (χ4v) is 2.87. The second kappa shape index (κ2) is 8.95. The Morgan fingerprint density at radius 1 is 0.571 bits per heavy atom. The number of benzene rings is 2. The van der Waals surface area contributed by atoms with E-state index in [1.807, 2.05) is 79.2 Å². The van der Waals surface area contributed by atoms with E-state index in [1.54, 1.807) is 0 Å². The molecular weight excluding hydrogens is 350 g/mol. The number of aliphatic imine (C=N–C) groups is 2. The van der Waals surface area contributed by atoms with Crippen LogP contribution in [0.15, 0.2) is 76.7 Å².